The molecule has 0 saturated carbocycles. The lowest BCUT2D eigenvalue weighted by atomic mass is 9.87. The van der Waals surface area contributed by atoms with Crippen molar-refractivity contribution in [2.45, 2.75) is 93.1 Å². The molecule has 0 amide bonds. The SMILES string of the molecule is CC1CCN(c2ncccc2C(=O)OC(C)C)C1.CCC.CCc1cccc(Oc2ccc(C(C)(C)C)cc2)c1. The fourth-order valence-corrected chi connectivity index (χ4v) is 4.20. The molecule has 5 heteroatoms. The zero-order valence-electron chi connectivity index (χ0n) is 26.2. The number of rotatable bonds is 6. The van der Waals surface area contributed by atoms with Crippen molar-refractivity contribution in [1.29, 1.82) is 0 Å². The molecule has 1 saturated heterocycles. The van der Waals surface area contributed by atoms with E-state index in [0.717, 1.165) is 43.2 Å². The molecule has 0 aliphatic carbocycles. The zero-order valence-corrected chi connectivity index (χ0v) is 26.2. The van der Waals surface area contributed by atoms with Gasteiger partial charge < -0.3 is 14.4 Å². The highest BCUT2D eigenvalue weighted by Gasteiger charge is 2.25. The molecular formula is C35H50N2O3. The molecule has 0 N–H and O–H groups in total. The van der Waals surface area contributed by atoms with E-state index in [-0.39, 0.29) is 17.5 Å². The normalized spacial score (nSPS) is 14.6. The van der Waals surface area contributed by atoms with Gasteiger partial charge in [0.2, 0.25) is 0 Å². The minimum absolute atomic E-state index is 0.108. The minimum atomic E-state index is -0.285. The number of carbonyl (C=O) groups is 1. The topological polar surface area (TPSA) is 51.7 Å². The van der Waals surface area contributed by atoms with E-state index >= 15 is 0 Å². The maximum Gasteiger partial charge on any atom is 0.342 e. The highest BCUT2D eigenvalue weighted by Crippen LogP contribution is 2.28. The monoisotopic (exact) mass is 546 g/mol. The fourth-order valence-electron chi connectivity index (χ4n) is 4.20. The van der Waals surface area contributed by atoms with Crippen LogP contribution in [0.5, 0.6) is 11.5 Å². The molecule has 40 heavy (non-hydrogen) atoms. The maximum absolute atomic E-state index is 12.0. The number of carbonyl (C=O) groups excluding carboxylic acids is 1. The number of ether oxygens (including phenoxy) is 2. The minimum Gasteiger partial charge on any atom is -0.459 e. The smallest absolute Gasteiger partial charge is 0.342 e. The lowest BCUT2D eigenvalue weighted by molar-refractivity contribution is 0.0378. The number of aryl methyl sites for hydroxylation is 1. The van der Waals surface area contributed by atoms with Crippen molar-refractivity contribution in [3.63, 3.8) is 0 Å². The van der Waals surface area contributed by atoms with E-state index < -0.39 is 0 Å². The number of benzene rings is 2. The Morgan fingerprint density at radius 1 is 1.00 bits per heavy atom. The molecule has 1 fully saturated rings. The fraction of sp³-hybridized carbons (Fsp3) is 0.486. The Bertz CT molecular complexity index is 1170. The van der Waals surface area contributed by atoms with E-state index in [1.165, 1.54) is 17.5 Å². The van der Waals surface area contributed by atoms with Gasteiger partial charge in [0.05, 0.1) is 6.10 Å². The Hall–Kier alpha value is -3.34. The number of anilines is 1. The van der Waals surface area contributed by atoms with E-state index in [1.54, 1.807) is 18.3 Å². The van der Waals surface area contributed by atoms with Gasteiger partial charge in [-0.05, 0) is 85.5 Å². The molecule has 1 aliphatic heterocycles. The Labute approximate surface area is 242 Å². The van der Waals surface area contributed by atoms with Gasteiger partial charge in [-0.15, -0.1) is 0 Å². The summed E-state index contributed by atoms with van der Waals surface area (Å²) in [7, 11) is 0. The van der Waals surface area contributed by atoms with Gasteiger partial charge in [-0.1, -0.05) is 79.2 Å². The summed E-state index contributed by atoms with van der Waals surface area (Å²) in [4.78, 5) is 18.5. The van der Waals surface area contributed by atoms with Crippen LogP contribution in [0.25, 0.3) is 0 Å². The van der Waals surface area contributed by atoms with Gasteiger partial charge in [-0.3, -0.25) is 0 Å². The van der Waals surface area contributed by atoms with E-state index in [0.29, 0.717) is 11.5 Å². The molecule has 2 aromatic carbocycles. The maximum atomic E-state index is 12.0. The summed E-state index contributed by atoms with van der Waals surface area (Å²) >= 11 is 0. The summed E-state index contributed by atoms with van der Waals surface area (Å²) in [6, 6.07) is 20.2. The van der Waals surface area contributed by atoms with Crippen LogP contribution < -0.4 is 9.64 Å². The van der Waals surface area contributed by atoms with E-state index in [4.69, 9.17) is 9.47 Å². The van der Waals surface area contributed by atoms with Gasteiger partial charge in [0.1, 0.15) is 22.9 Å². The van der Waals surface area contributed by atoms with Crippen molar-refractivity contribution >= 4 is 11.8 Å². The molecule has 2 heterocycles. The first-order valence-electron chi connectivity index (χ1n) is 14.8. The second-order valence-corrected chi connectivity index (χ2v) is 11.8. The lowest BCUT2D eigenvalue weighted by Crippen LogP contribution is -2.24. The molecule has 0 bridgehead atoms. The van der Waals surface area contributed by atoms with Gasteiger partial charge in [0, 0.05) is 19.3 Å². The highest BCUT2D eigenvalue weighted by atomic mass is 16.5. The second kappa shape index (κ2) is 16.1. The van der Waals surface area contributed by atoms with Crippen molar-refractivity contribution in [1.82, 2.24) is 4.98 Å². The van der Waals surface area contributed by atoms with Gasteiger partial charge in [0.15, 0.2) is 0 Å². The Balaban J connectivity index is 0.000000256. The zero-order chi connectivity index (χ0) is 29.7. The van der Waals surface area contributed by atoms with Crippen LogP contribution in [0.4, 0.5) is 5.82 Å². The van der Waals surface area contributed by atoms with Crippen LogP contribution in [-0.2, 0) is 16.6 Å². The van der Waals surface area contributed by atoms with Crippen molar-refractivity contribution < 1.29 is 14.3 Å². The summed E-state index contributed by atoms with van der Waals surface area (Å²) in [6.07, 6.45) is 5.04. The van der Waals surface area contributed by atoms with E-state index in [2.05, 4.69) is 82.6 Å². The number of esters is 1. The number of hydrogen-bond acceptors (Lipinski definition) is 5. The molecule has 1 unspecified atom stereocenters. The number of nitrogens with zero attached hydrogens (tertiary/aromatic N) is 2. The van der Waals surface area contributed by atoms with Gasteiger partial charge >= 0.3 is 5.97 Å². The van der Waals surface area contributed by atoms with Crippen molar-refractivity contribution in [2.75, 3.05) is 18.0 Å². The summed E-state index contributed by atoms with van der Waals surface area (Å²) in [5, 5.41) is 0. The number of hydrogen-bond donors (Lipinski definition) is 0. The van der Waals surface area contributed by atoms with E-state index in [9.17, 15) is 4.79 Å². The predicted octanol–water partition coefficient (Wildman–Crippen LogP) is 9.25. The molecule has 0 radical (unpaired) electrons. The van der Waals surface area contributed by atoms with Crippen molar-refractivity contribution in [2.24, 2.45) is 5.92 Å². The number of pyridine rings is 1. The second-order valence-electron chi connectivity index (χ2n) is 11.8. The molecule has 1 aromatic heterocycles. The standard InChI is InChI=1S/C18H22O.C14H20N2O2.C3H8/c1-5-14-7-6-8-17(13-14)19-16-11-9-15(10-12-16)18(2,3)4;1-10(2)18-14(17)12-5-4-7-15-13(12)16-8-6-11(3)9-16;1-3-2/h6-13H,5H2,1-4H3;4-5,7,10-11H,6,8-9H2,1-3H3;3H2,1-2H3. The molecule has 3 aromatic rings. The van der Waals surface area contributed by atoms with Crippen LogP contribution in [0.1, 0.15) is 96.6 Å². The lowest BCUT2D eigenvalue weighted by Gasteiger charge is -2.20. The molecular weight excluding hydrogens is 496 g/mol. The van der Waals surface area contributed by atoms with Crippen LogP contribution in [-0.4, -0.2) is 30.1 Å². The van der Waals surface area contributed by atoms with E-state index in [1.807, 2.05) is 38.1 Å². The molecule has 0 spiro atoms. The first kappa shape index (κ1) is 32.9. The Morgan fingerprint density at radius 3 is 2.23 bits per heavy atom. The van der Waals surface area contributed by atoms with Crippen LogP contribution in [0.15, 0.2) is 66.9 Å². The first-order chi connectivity index (χ1) is 19.0. The van der Waals surface area contributed by atoms with Crippen LogP contribution >= 0.6 is 0 Å². The predicted molar refractivity (Wildman–Crippen MR) is 168 cm³/mol. The third-order valence-electron chi connectivity index (χ3n) is 6.34. The molecule has 1 aliphatic rings. The molecule has 5 nitrogen and oxygen atoms in total. The summed E-state index contributed by atoms with van der Waals surface area (Å²) in [6.45, 7) is 20.9. The Morgan fingerprint density at radius 2 is 1.68 bits per heavy atom. The summed E-state index contributed by atoms with van der Waals surface area (Å²) in [5.41, 5.74) is 3.37. The van der Waals surface area contributed by atoms with Gasteiger partial charge in [-0.2, -0.15) is 0 Å². The highest BCUT2D eigenvalue weighted by molar-refractivity contribution is 5.94. The number of aromatic nitrogens is 1. The van der Waals surface area contributed by atoms with Crippen LogP contribution in [0.3, 0.4) is 0 Å². The van der Waals surface area contributed by atoms with Crippen molar-refractivity contribution in [3.8, 4) is 11.5 Å². The first-order valence-corrected chi connectivity index (χ1v) is 14.8. The van der Waals surface area contributed by atoms with Gasteiger partial charge in [0.25, 0.3) is 0 Å². The van der Waals surface area contributed by atoms with Crippen molar-refractivity contribution in [3.05, 3.63) is 83.6 Å². The summed E-state index contributed by atoms with van der Waals surface area (Å²) < 4.78 is 11.1. The third kappa shape index (κ3) is 10.7. The largest absolute Gasteiger partial charge is 0.459 e. The quantitative estimate of drug-likeness (QED) is 0.288. The van der Waals surface area contributed by atoms with Crippen LogP contribution in [0, 0.1) is 5.92 Å². The van der Waals surface area contributed by atoms with Crippen LogP contribution in [0.2, 0.25) is 0 Å². The Kier molecular flexibility index (Phi) is 13.2. The molecule has 4 rings (SSSR count). The average Bonchev–Trinajstić information content (AvgIpc) is 3.35. The average molecular weight is 547 g/mol. The molecule has 218 valence electrons. The van der Waals surface area contributed by atoms with Gasteiger partial charge in [-0.25, -0.2) is 9.78 Å². The summed E-state index contributed by atoms with van der Waals surface area (Å²) in [5.74, 6) is 2.92. The molecule has 1 atom stereocenters. The third-order valence-corrected chi connectivity index (χ3v) is 6.34.